The minimum atomic E-state index is 0.199. The number of aromatic nitrogens is 1. The molecule has 1 aromatic rings. The van der Waals surface area contributed by atoms with Crippen molar-refractivity contribution in [2.75, 3.05) is 26.2 Å². The molecule has 0 bridgehead atoms. The first-order chi connectivity index (χ1) is 10.5. The number of carbonyl (C=O) groups excluding carboxylic acids is 1. The predicted octanol–water partition coefficient (Wildman–Crippen LogP) is 2.13. The first kappa shape index (κ1) is 14.2. The van der Waals surface area contributed by atoms with Crippen LogP contribution in [0.25, 0.3) is 0 Å². The Kier molecular flexibility index (Phi) is 3.29. The lowest BCUT2D eigenvalue weighted by atomic mass is 9.86. The molecule has 5 nitrogen and oxygen atoms in total. The Morgan fingerprint density at radius 1 is 1.32 bits per heavy atom. The Hall–Kier alpha value is -1.36. The van der Waals surface area contributed by atoms with Crippen LogP contribution in [-0.2, 0) is 11.3 Å². The van der Waals surface area contributed by atoms with Gasteiger partial charge in [-0.2, -0.15) is 0 Å². The van der Waals surface area contributed by atoms with Gasteiger partial charge in [0.15, 0.2) is 0 Å². The number of rotatable bonds is 4. The van der Waals surface area contributed by atoms with Crippen LogP contribution in [0.5, 0.6) is 0 Å². The van der Waals surface area contributed by atoms with Gasteiger partial charge in [0.25, 0.3) is 0 Å². The van der Waals surface area contributed by atoms with Gasteiger partial charge >= 0.3 is 0 Å². The van der Waals surface area contributed by atoms with Crippen molar-refractivity contribution in [3.05, 3.63) is 17.0 Å². The molecule has 0 N–H and O–H groups in total. The molecule has 1 atom stereocenters. The highest BCUT2D eigenvalue weighted by atomic mass is 16.5. The lowest BCUT2D eigenvalue weighted by Crippen LogP contribution is -2.32. The summed E-state index contributed by atoms with van der Waals surface area (Å²) in [6.07, 6.45) is 4.70. The zero-order valence-corrected chi connectivity index (χ0v) is 13.6. The molecule has 3 heterocycles. The maximum atomic E-state index is 12.5. The third-order valence-electron chi connectivity index (χ3n) is 5.67. The summed E-state index contributed by atoms with van der Waals surface area (Å²) in [6, 6.07) is 0. The van der Waals surface area contributed by atoms with Crippen LogP contribution in [0.2, 0.25) is 0 Å². The van der Waals surface area contributed by atoms with Crippen LogP contribution in [0.4, 0.5) is 0 Å². The molecule has 5 heteroatoms. The standard InChI is InChI=1S/C17H25N3O2/c1-12-15(13(2)22-18-12)9-20-11-17(7-16(20)21)5-6-19(10-17)8-14-3-4-14/h14H,3-11H2,1-2H3. The van der Waals surface area contributed by atoms with Crippen molar-refractivity contribution in [1.29, 1.82) is 0 Å². The van der Waals surface area contributed by atoms with Crippen molar-refractivity contribution in [3.8, 4) is 0 Å². The van der Waals surface area contributed by atoms with Gasteiger partial charge in [0.2, 0.25) is 5.91 Å². The summed E-state index contributed by atoms with van der Waals surface area (Å²) in [5.74, 6) is 2.08. The fourth-order valence-electron chi connectivity index (χ4n) is 4.17. The van der Waals surface area contributed by atoms with Crippen molar-refractivity contribution < 1.29 is 9.32 Å². The first-order valence-corrected chi connectivity index (χ1v) is 8.47. The molecule has 2 aliphatic heterocycles. The molecule has 1 aromatic heterocycles. The van der Waals surface area contributed by atoms with Crippen molar-refractivity contribution in [3.63, 3.8) is 0 Å². The van der Waals surface area contributed by atoms with Gasteiger partial charge in [0, 0.05) is 37.0 Å². The Balaban J connectivity index is 1.42. The van der Waals surface area contributed by atoms with Gasteiger partial charge in [0.1, 0.15) is 5.76 Å². The summed E-state index contributed by atoms with van der Waals surface area (Å²) in [5, 5.41) is 4.00. The van der Waals surface area contributed by atoms with Gasteiger partial charge in [-0.15, -0.1) is 0 Å². The number of likely N-dealkylation sites (tertiary alicyclic amines) is 2. The molecule has 2 saturated heterocycles. The second kappa shape index (κ2) is 5.08. The average Bonchev–Trinajstić information content (AvgIpc) is 3.02. The second-order valence-electron chi connectivity index (χ2n) is 7.66. The summed E-state index contributed by atoms with van der Waals surface area (Å²) in [4.78, 5) is 17.1. The molecule has 1 amide bonds. The Labute approximate surface area is 131 Å². The fraction of sp³-hybridized carbons (Fsp3) is 0.765. The molecule has 3 fully saturated rings. The van der Waals surface area contributed by atoms with Crippen molar-refractivity contribution in [1.82, 2.24) is 15.0 Å². The lowest BCUT2D eigenvalue weighted by molar-refractivity contribution is -0.128. The predicted molar refractivity (Wildman–Crippen MR) is 82.2 cm³/mol. The van der Waals surface area contributed by atoms with Gasteiger partial charge in [-0.05, 0) is 45.6 Å². The van der Waals surface area contributed by atoms with E-state index in [1.165, 1.54) is 32.4 Å². The van der Waals surface area contributed by atoms with Crippen LogP contribution in [0, 0.1) is 25.2 Å². The largest absolute Gasteiger partial charge is 0.361 e. The molecular weight excluding hydrogens is 278 g/mol. The van der Waals surface area contributed by atoms with Gasteiger partial charge in [-0.1, -0.05) is 5.16 Å². The number of amides is 1. The van der Waals surface area contributed by atoms with E-state index in [2.05, 4.69) is 10.1 Å². The topological polar surface area (TPSA) is 49.6 Å². The highest BCUT2D eigenvalue weighted by molar-refractivity contribution is 5.79. The van der Waals surface area contributed by atoms with E-state index >= 15 is 0 Å². The monoisotopic (exact) mass is 303 g/mol. The highest BCUT2D eigenvalue weighted by Gasteiger charge is 2.48. The maximum Gasteiger partial charge on any atom is 0.223 e. The zero-order valence-electron chi connectivity index (χ0n) is 13.6. The summed E-state index contributed by atoms with van der Waals surface area (Å²) >= 11 is 0. The Bertz CT molecular complexity index is 573. The van der Waals surface area contributed by atoms with Crippen LogP contribution in [0.3, 0.4) is 0 Å². The van der Waals surface area contributed by atoms with E-state index < -0.39 is 0 Å². The summed E-state index contributed by atoms with van der Waals surface area (Å²) < 4.78 is 5.23. The van der Waals surface area contributed by atoms with E-state index in [-0.39, 0.29) is 5.41 Å². The first-order valence-electron chi connectivity index (χ1n) is 8.47. The molecule has 22 heavy (non-hydrogen) atoms. The third kappa shape index (κ3) is 2.56. The summed E-state index contributed by atoms with van der Waals surface area (Å²) in [5.41, 5.74) is 2.19. The van der Waals surface area contributed by atoms with Crippen LogP contribution in [-0.4, -0.2) is 47.0 Å². The van der Waals surface area contributed by atoms with E-state index in [9.17, 15) is 4.79 Å². The molecule has 1 spiro atoms. The fourth-order valence-corrected chi connectivity index (χ4v) is 4.17. The van der Waals surface area contributed by atoms with Crippen LogP contribution in [0.1, 0.15) is 42.7 Å². The molecule has 0 aromatic carbocycles. The number of nitrogens with zero attached hydrogens (tertiary/aromatic N) is 3. The molecule has 0 radical (unpaired) electrons. The molecule has 1 aliphatic carbocycles. The van der Waals surface area contributed by atoms with E-state index in [1.54, 1.807) is 0 Å². The third-order valence-corrected chi connectivity index (χ3v) is 5.67. The van der Waals surface area contributed by atoms with Gasteiger partial charge in [0.05, 0.1) is 12.2 Å². The lowest BCUT2D eigenvalue weighted by Gasteiger charge is -2.24. The SMILES string of the molecule is Cc1noc(C)c1CN1CC2(CCN(CC3CC3)C2)CC1=O. The molecule has 4 rings (SSSR count). The normalized spacial score (nSPS) is 29.2. The number of aryl methyl sites for hydroxylation is 2. The Morgan fingerprint density at radius 3 is 2.82 bits per heavy atom. The molecule has 1 unspecified atom stereocenters. The van der Waals surface area contributed by atoms with Crippen molar-refractivity contribution in [2.24, 2.45) is 11.3 Å². The van der Waals surface area contributed by atoms with E-state index in [1.807, 2.05) is 18.7 Å². The average molecular weight is 303 g/mol. The molecule has 1 saturated carbocycles. The number of hydrogen-bond acceptors (Lipinski definition) is 4. The van der Waals surface area contributed by atoms with Gasteiger partial charge in [-0.25, -0.2) is 0 Å². The number of carbonyl (C=O) groups is 1. The molecule has 3 aliphatic rings. The second-order valence-corrected chi connectivity index (χ2v) is 7.66. The van der Waals surface area contributed by atoms with Gasteiger partial charge in [-0.3, -0.25) is 4.79 Å². The van der Waals surface area contributed by atoms with Crippen molar-refractivity contribution >= 4 is 5.91 Å². The highest BCUT2D eigenvalue weighted by Crippen LogP contribution is 2.42. The maximum absolute atomic E-state index is 12.5. The smallest absolute Gasteiger partial charge is 0.223 e. The Morgan fingerprint density at radius 2 is 2.14 bits per heavy atom. The van der Waals surface area contributed by atoms with Crippen molar-refractivity contribution in [2.45, 2.75) is 46.1 Å². The summed E-state index contributed by atoms with van der Waals surface area (Å²) in [7, 11) is 0. The quantitative estimate of drug-likeness (QED) is 0.855. The number of hydrogen-bond donors (Lipinski definition) is 0. The van der Waals surface area contributed by atoms with E-state index in [0.29, 0.717) is 12.5 Å². The van der Waals surface area contributed by atoms with E-state index in [4.69, 9.17) is 4.52 Å². The summed E-state index contributed by atoms with van der Waals surface area (Å²) in [6.45, 7) is 8.96. The molecule has 120 valence electrons. The van der Waals surface area contributed by atoms with Crippen LogP contribution < -0.4 is 0 Å². The van der Waals surface area contributed by atoms with Gasteiger partial charge < -0.3 is 14.3 Å². The van der Waals surface area contributed by atoms with Crippen LogP contribution in [0.15, 0.2) is 4.52 Å². The minimum Gasteiger partial charge on any atom is -0.361 e. The van der Waals surface area contributed by atoms with E-state index in [0.717, 1.165) is 42.4 Å². The minimum absolute atomic E-state index is 0.199. The van der Waals surface area contributed by atoms with Crippen LogP contribution >= 0.6 is 0 Å². The molecular formula is C17H25N3O2. The zero-order chi connectivity index (χ0) is 15.3.